The smallest absolute Gasteiger partial charge is 0.406 e. The van der Waals surface area contributed by atoms with Crippen molar-refractivity contribution in [3.8, 4) is 5.75 Å². The van der Waals surface area contributed by atoms with E-state index in [0.717, 1.165) is 12.1 Å². The number of rotatable bonds is 5. The van der Waals surface area contributed by atoms with Crippen LogP contribution in [0.25, 0.3) is 0 Å². The van der Waals surface area contributed by atoms with E-state index in [4.69, 9.17) is 0 Å². The molecule has 0 spiro atoms. The van der Waals surface area contributed by atoms with Gasteiger partial charge in [0.15, 0.2) is 0 Å². The molecule has 1 aromatic carbocycles. The zero-order valence-electron chi connectivity index (χ0n) is 9.60. The first kappa shape index (κ1) is 14.0. The van der Waals surface area contributed by atoms with Crippen LogP contribution in [0.3, 0.4) is 0 Å². The van der Waals surface area contributed by atoms with Crippen LogP contribution >= 0.6 is 0 Å². The number of alkyl halides is 3. The normalized spacial score (nSPS) is 11.6. The number of ether oxygens (including phenoxy) is 1. The Bertz CT molecular complexity index is 394. The molecular formula is C9H11F3N4O2. The number of nitrogens with zero attached hydrogens (tertiary/aromatic N) is 3. The lowest BCUT2D eigenvalue weighted by Crippen LogP contribution is -2.29. The van der Waals surface area contributed by atoms with Crippen molar-refractivity contribution in [1.82, 2.24) is 5.43 Å². The van der Waals surface area contributed by atoms with Gasteiger partial charge in [-0.1, -0.05) is 0 Å². The van der Waals surface area contributed by atoms with Gasteiger partial charge in [0.05, 0.1) is 5.69 Å². The van der Waals surface area contributed by atoms with Crippen LogP contribution in [0.5, 0.6) is 5.75 Å². The van der Waals surface area contributed by atoms with Crippen molar-refractivity contribution in [3.05, 3.63) is 24.3 Å². The molecule has 18 heavy (non-hydrogen) atoms. The van der Waals surface area contributed by atoms with Gasteiger partial charge in [-0.05, 0) is 29.5 Å². The predicted octanol–water partition coefficient (Wildman–Crippen LogP) is 2.45. The Morgan fingerprint density at radius 3 is 2.28 bits per heavy atom. The molecule has 6 nitrogen and oxygen atoms in total. The van der Waals surface area contributed by atoms with Gasteiger partial charge in [0.2, 0.25) is 0 Å². The van der Waals surface area contributed by atoms with Crippen LogP contribution in [0, 0.1) is 0 Å². The van der Waals surface area contributed by atoms with E-state index < -0.39 is 6.36 Å². The fourth-order valence-corrected chi connectivity index (χ4v) is 1.09. The van der Waals surface area contributed by atoms with Gasteiger partial charge in [-0.3, -0.25) is 0 Å². The Labute approximate surface area is 101 Å². The SMILES string of the molecule is CNN(/N=N\OC)c1ccc(OC(F)(F)F)cc1. The fraction of sp³-hybridized carbons (Fsp3) is 0.333. The molecule has 0 aliphatic heterocycles. The van der Waals surface area contributed by atoms with Crippen LogP contribution in [0.2, 0.25) is 0 Å². The molecule has 1 aromatic rings. The molecule has 0 heterocycles. The Morgan fingerprint density at radius 1 is 1.22 bits per heavy atom. The molecule has 0 amide bonds. The summed E-state index contributed by atoms with van der Waals surface area (Å²) in [5.74, 6) is -0.314. The van der Waals surface area contributed by atoms with Crippen molar-refractivity contribution in [2.24, 2.45) is 10.5 Å². The van der Waals surface area contributed by atoms with Crippen LogP contribution < -0.4 is 15.3 Å². The topological polar surface area (TPSA) is 58.5 Å². The summed E-state index contributed by atoms with van der Waals surface area (Å²) in [4.78, 5) is 4.39. The van der Waals surface area contributed by atoms with Crippen LogP contribution in [-0.4, -0.2) is 20.5 Å². The van der Waals surface area contributed by atoms with E-state index in [1.165, 1.54) is 24.4 Å². The van der Waals surface area contributed by atoms with Gasteiger partial charge in [-0.25, -0.2) is 5.43 Å². The highest BCUT2D eigenvalue weighted by Gasteiger charge is 2.31. The first-order valence-electron chi connectivity index (χ1n) is 4.73. The fourth-order valence-electron chi connectivity index (χ4n) is 1.09. The van der Waals surface area contributed by atoms with Crippen molar-refractivity contribution in [2.75, 3.05) is 19.3 Å². The van der Waals surface area contributed by atoms with Crippen LogP contribution in [0.4, 0.5) is 18.9 Å². The highest BCUT2D eigenvalue weighted by Crippen LogP contribution is 2.24. The standard InChI is InChI=1S/C9H11F3N4O2/c1-13-16(14-15-17-2)7-3-5-8(6-4-7)18-9(10,11)12/h3-6,13H,1-2H3/b15-14-. The number of benzene rings is 1. The Balaban J connectivity index is 2.77. The van der Waals surface area contributed by atoms with Gasteiger partial charge in [0.1, 0.15) is 12.9 Å². The monoisotopic (exact) mass is 264 g/mol. The number of nitrogens with one attached hydrogen (secondary N) is 1. The van der Waals surface area contributed by atoms with Crippen LogP contribution in [-0.2, 0) is 4.84 Å². The maximum absolute atomic E-state index is 11.9. The van der Waals surface area contributed by atoms with E-state index >= 15 is 0 Å². The lowest BCUT2D eigenvalue weighted by molar-refractivity contribution is -0.274. The van der Waals surface area contributed by atoms with Gasteiger partial charge in [0, 0.05) is 12.3 Å². The summed E-state index contributed by atoms with van der Waals surface area (Å²) >= 11 is 0. The zero-order valence-corrected chi connectivity index (χ0v) is 9.60. The molecule has 1 N–H and O–H groups in total. The summed E-state index contributed by atoms with van der Waals surface area (Å²) in [7, 11) is 2.88. The average Bonchev–Trinajstić information content (AvgIpc) is 2.30. The lowest BCUT2D eigenvalue weighted by Gasteiger charge is -2.15. The number of halogens is 3. The third-order valence-corrected chi connectivity index (χ3v) is 1.73. The number of hydrazine groups is 1. The summed E-state index contributed by atoms with van der Waals surface area (Å²) in [5, 5.41) is 8.08. The molecule has 0 unspecified atom stereocenters. The summed E-state index contributed by atoms with van der Waals surface area (Å²) in [6.45, 7) is 0. The van der Waals surface area contributed by atoms with Gasteiger partial charge >= 0.3 is 6.36 Å². The van der Waals surface area contributed by atoms with E-state index in [1.807, 2.05) is 0 Å². The maximum atomic E-state index is 11.9. The number of hydrogen-bond donors (Lipinski definition) is 1. The van der Waals surface area contributed by atoms with Crippen molar-refractivity contribution < 1.29 is 22.7 Å². The summed E-state index contributed by atoms with van der Waals surface area (Å²) in [6.07, 6.45) is -4.71. The molecule has 0 aromatic heterocycles. The third-order valence-electron chi connectivity index (χ3n) is 1.73. The lowest BCUT2D eigenvalue weighted by atomic mass is 10.3. The minimum Gasteiger partial charge on any atom is -0.406 e. The molecule has 0 atom stereocenters. The predicted molar refractivity (Wildman–Crippen MR) is 56.5 cm³/mol. The Hall–Kier alpha value is -2.03. The van der Waals surface area contributed by atoms with Gasteiger partial charge in [-0.2, -0.15) is 5.12 Å². The average molecular weight is 264 g/mol. The van der Waals surface area contributed by atoms with Crippen molar-refractivity contribution in [2.45, 2.75) is 6.36 Å². The number of anilines is 1. The maximum Gasteiger partial charge on any atom is 0.573 e. The second-order valence-corrected chi connectivity index (χ2v) is 2.93. The van der Waals surface area contributed by atoms with E-state index in [0.29, 0.717) is 5.69 Å². The molecule has 0 saturated heterocycles. The van der Waals surface area contributed by atoms with Crippen LogP contribution in [0.15, 0.2) is 34.8 Å². The first-order chi connectivity index (χ1) is 8.46. The quantitative estimate of drug-likeness (QED) is 0.655. The summed E-state index contributed by atoms with van der Waals surface area (Å²) < 4.78 is 39.5. The molecule has 0 fully saturated rings. The molecule has 0 aliphatic carbocycles. The molecule has 1 rings (SSSR count). The Kier molecular flexibility index (Phi) is 4.72. The largest absolute Gasteiger partial charge is 0.573 e. The van der Waals surface area contributed by atoms with Gasteiger partial charge in [-0.15, -0.1) is 13.2 Å². The number of hydrogen-bond acceptors (Lipinski definition) is 5. The molecule has 0 aliphatic rings. The second kappa shape index (κ2) is 6.05. The first-order valence-corrected chi connectivity index (χ1v) is 4.73. The minimum absolute atomic E-state index is 0.314. The highest BCUT2D eigenvalue weighted by molar-refractivity contribution is 5.47. The molecule has 100 valence electrons. The van der Waals surface area contributed by atoms with E-state index in [2.05, 4.69) is 25.5 Å². The van der Waals surface area contributed by atoms with Crippen molar-refractivity contribution >= 4 is 5.69 Å². The Morgan fingerprint density at radius 2 is 1.83 bits per heavy atom. The summed E-state index contributed by atoms with van der Waals surface area (Å²) in [5.41, 5.74) is 3.12. The minimum atomic E-state index is -4.71. The molecular weight excluding hydrogens is 253 g/mol. The molecule has 9 heteroatoms. The van der Waals surface area contributed by atoms with Crippen molar-refractivity contribution in [3.63, 3.8) is 0 Å². The van der Waals surface area contributed by atoms with Gasteiger partial charge < -0.3 is 9.57 Å². The highest BCUT2D eigenvalue weighted by atomic mass is 19.4. The van der Waals surface area contributed by atoms with E-state index in [1.54, 1.807) is 7.05 Å². The molecule has 0 saturated carbocycles. The van der Waals surface area contributed by atoms with Crippen molar-refractivity contribution in [1.29, 1.82) is 0 Å². The third kappa shape index (κ3) is 4.45. The second-order valence-electron chi connectivity index (χ2n) is 2.93. The van der Waals surface area contributed by atoms with E-state index in [9.17, 15) is 13.2 Å². The summed E-state index contributed by atoms with van der Waals surface area (Å²) in [6, 6.07) is 5.09. The molecule has 0 radical (unpaired) electrons. The molecule has 0 bridgehead atoms. The zero-order chi connectivity index (χ0) is 13.6. The van der Waals surface area contributed by atoms with E-state index in [-0.39, 0.29) is 5.75 Å². The van der Waals surface area contributed by atoms with Crippen LogP contribution in [0.1, 0.15) is 0 Å². The van der Waals surface area contributed by atoms with Gasteiger partial charge in [0.25, 0.3) is 0 Å².